The molecule has 0 atom stereocenters. The van der Waals surface area contributed by atoms with Crippen LogP contribution in [0.25, 0.3) is 0 Å². The van der Waals surface area contributed by atoms with Crippen LogP contribution in [0.4, 0.5) is 11.4 Å². The largest absolute Gasteiger partial charge is 0.489 e. The van der Waals surface area contributed by atoms with E-state index in [2.05, 4.69) is 10.6 Å². The Labute approximate surface area is 126 Å². The predicted molar refractivity (Wildman–Crippen MR) is 84.9 cm³/mol. The molecule has 0 radical (unpaired) electrons. The number of anilines is 2. The van der Waals surface area contributed by atoms with Gasteiger partial charge in [-0.05, 0) is 38.8 Å². The highest BCUT2D eigenvalue weighted by Crippen LogP contribution is 2.42. The fraction of sp³-hybridized carbons (Fsp3) is 0.588. The monoisotopic (exact) mass is 288 g/mol. The summed E-state index contributed by atoms with van der Waals surface area (Å²) in [5.74, 6) is 0.837. The van der Waals surface area contributed by atoms with E-state index in [1.807, 2.05) is 32.0 Å². The molecule has 1 aromatic carbocycles. The number of hydrogen-bond donors (Lipinski definition) is 2. The van der Waals surface area contributed by atoms with E-state index in [9.17, 15) is 4.79 Å². The van der Waals surface area contributed by atoms with Crippen molar-refractivity contribution < 1.29 is 9.53 Å². The molecule has 0 unspecified atom stereocenters. The zero-order chi connectivity index (χ0) is 14.9. The number of rotatable bonds is 2. The van der Waals surface area contributed by atoms with Crippen molar-refractivity contribution in [3.05, 3.63) is 18.2 Å². The van der Waals surface area contributed by atoms with Crippen LogP contribution in [0.15, 0.2) is 18.2 Å². The summed E-state index contributed by atoms with van der Waals surface area (Å²) < 4.78 is 5.81. The number of amides is 1. The van der Waals surface area contributed by atoms with Gasteiger partial charge in [0.1, 0.15) is 17.0 Å². The Bertz CT molecular complexity index is 532. The first-order valence-corrected chi connectivity index (χ1v) is 8.00. The van der Waals surface area contributed by atoms with Crippen LogP contribution in [0, 0.1) is 0 Å². The second-order valence-corrected chi connectivity index (χ2v) is 6.42. The third-order valence-electron chi connectivity index (χ3n) is 4.39. The normalized spacial score (nSPS) is 20.4. The quantitative estimate of drug-likeness (QED) is 0.867. The summed E-state index contributed by atoms with van der Waals surface area (Å²) in [7, 11) is 0. The van der Waals surface area contributed by atoms with Gasteiger partial charge in [-0.1, -0.05) is 31.7 Å². The van der Waals surface area contributed by atoms with Crippen molar-refractivity contribution in [2.75, 3.05) is 10.6 Å². The van der Waals surface area contributed by atoms with Crippen LogP contribution in [0.3, 0.4) is 0 Å². The van der Waals surface area contributed by atoms with E-state index in [0.717, 1.165) is 42.8 Å². The molecule has 1 saturated carbocycles. The van der Waals surface area contributed by atoms with Crippen LogP contribution in [-0.2, 0) is 4.79 Å². The van der Waals surface area contributed by atoms with Crippen molar-refractivity contribution in [1.29, 1.82) is 0 Å². The smallest absolute Gasteiger partial charge is 0.250 e. The Balaban J connectivity index is 1.93. The Morgan fingerprint density at radius 2 is 1.86 bits per heavy atom. The molecular formula is C17H24N2O2. The number of para-hydroxylation sites is 1. The number of nitrogens with one attached hydrogen (secondary N) is 2. The Morgan fingerprint density at radius 1 is 1.14 bits per heavy atom. The molecule has 1 fully saturated rings. The maximum Gasteiger partial charge on any atom is 0.250 e. The molecule has 2 N–H and O–H groups in total. The van der Waals surface area contributed by atoms with Gasteiger partial charge in [0.2, 0.25) is 5.91 Å². The van der Waals surface area contributed by atoms with Gasteiger partial charge >= 0.3 is 0 Å². The van der Waals surface area contributed by atoms with Gasteiger partial charge in [-0.25, -0.2) is 0 Å². The Hall–Kier alpha value is -1.71. The van der Waals surface area contributed by atoms with E-state index in [1.165, 1.54) is 12.8 Å². The van der Waals surface area contributed by atoms with E-state index in [-0.39, 0.29) is 12.0 Å². The van der Waals surface area contributed by atoms with Gasteiger partial charge in [0.15, 0.2) is 0 Å². The summed E-state index contributed by atoms with van der Waals surface area (Å²) >= 11 is 0. The molecule has 1 aromatic rings. The fourth-order valence-corrected chi connectivity index (χ4v) is 3.35. The summed E-state index contributed by atoms with van der Waals surface area (Å²) in [4.78, 5) is 12.7. The lowest BCUT2D eigenvalue weighted by Crippen LogP contribution is -2.52. The minimum Gasteiger partial charge on any atom is -0.489 e. The molecule has 0 bridgehead atoms. The molecule has 0 aromatic heterocycles. The van der Waals surface area contributed by atoms with Crippen LogP contribution >= 0.6 is 0 Å². The second kappa shape index (κ2) is 5.58. The first-order chi connectivity index (χ1) is 10.1. The maximum atomic E-state index is 12.7. The van der Waals surface area contributed by atoms with Crippen LogP contribution in [-0.4, -0.2) is 17.6 Å². The van der Waals surface area contributed by atoms with Crippen molar-refractivity contribution >= 4 is 17.3 Å². The van der Waals surface area contributed by atoms with Gasteiger partial charge in [0, 0.05) is 0 Å². The first-order valence-electron chi connectivity index (χ1n) is 8.00. The second-order valence-electron chi connectivity index (χ2n) is 6.42. The molecule has 1 aliphatic carbocycles. The molecule has 1 spiro atoms. The van der Waals surface area contributed by atoms with Gasteiger partial charge in [0.05, 0.1) is 11.8 Å². The van der Waals surface area contributed by atoms with Crippen LogP contribution < -0.4 is 15.4 Å². The highest BCUT2D eigenvalue weighted by atomic mass is 16.5. The predicted octanol–water partition coefficient (Wildman–Crippen LogP) is 3.93. The van der Waals surface area contributed by atoms with E-state index >= 15 is 0 Å². The number of ether oxygens (including phenoxy) is 1. The van der Waals surface area contributed by atoms with E-state index in [1.54, 1.807) is 0 Å². The number of carbonyl (C=O) groups excluding carboxylic acids is 1. The lowest BCUT2D eigenvalue weighted by Gasteiger charge is -2.38. The number of fused-ring (bicyclic) bond motifs is 1. The van der Waals surface area contributed by atoms with Gasteiger partial charge in [0.25, 0.3) is 0 Å². The summed E-state index contributed by atoms with van der Waals surface area (Å²) in [6, 6.07) is 5.91. The molecule has 3 rings (SSSR count). The molecule has 4 heteroatoms. The molecule has 0 saturated heterocycles. The van der Waals surface area contributed by atoms with E-state index in [0.29, 0.717) is 0 Å². The first kappa shape index (κ1) is 14.2. The molecule has 4 nitrogen and oxygen atoms in total. The summed E-state index contributed by atoms with van der Waals surface area (Å²) in [5.41, 5.74) is 1.33. The third-order valence-corrected chi connectivity index (χ3v) is 4.39. The van der Waals surface area contributed by atoms with Gasteiger partial charge in [-0.2, -0.15) is 0 Å². The minimum absolute atomic E-state index is 0.0853. The van der Waals surface area contributed by atoms with Crippen LogP contribution in [0.2, 0.25) is 0 Å². The average molecular weight is 288 g/mol. The minimum atomic E-state index is -0.431. The number of benzene rings is 1. The molecule has 1 heterocycles. The Morgan fingerprint density at radius 3 is 2.52 bits per heavy atom. The highest BCUT2D eigenvalue weighted by molar-refractivity contribution is 6.07. The van der Waals surface area contributed by atoms with E-state index in [4.69, 9.17) is 4.74 Å². The zero-order valence-electron chi connectivity index (χ0n) is 12.9. The standard InChI is InChI=1S/C17H24N2O2/c1-12(2)21-14-9-7-8-13-15(14)18-16(20)17(19-13)10-5-3-4-6-11-17/h7-9,12,19H,3-6,10-11H2,1-2H3,(H,18,20). The Kier molecular flexibility index (Phi) is 3.79. The third kappa shape index (κ3) is 2.71. The lowest BCUT2D eigenvalue weighted by molar-refractivity contribution is -0.121. The fourth-order valence-electron chi connectivity index (χ4n) is 3.35. The molecule has 114 valence electrons. The summed E-state index contributed by atoms with van der Waals surface area (Å²) in [6.07, 6.45) is 6.57. The highest BCUT2D eigenvalue weighted by Gasteiger charge is 2.42. The van der Waals surface area contributed by atoms with Crippen molar-refractivity contribution in [2.24, 2.45) is 0 Å². The molecule has 1 aliphatic heterocycles. The molecule has 2 aliphatic rings. The van der Waals surface area contributed by atoms with Crippen molar-refractivity contribution in [1.82, 2.24) is 0 Å². The molecule has 1 amide bonds. The van der Waals surface area contributed by atoms with Gasteiger partial charge in [-0.3, -0.25) is 4.79 Å². The molecule has 21 heavy (non-hydrogen) atoms. The summed E-state index contributed by atoms with van der Waals surface area (Å²) in [5, 5.41) is 6.62. The van der Waals surface area contributed by atoms with Crippen molar-refractivity contribution in [3.8, 4) is 5.75 Å². The van der Waals surface area contributed by atoms with Crippen molar-refractivity contribution in [2.45, 2.75) is 64.0 Å². The zero-order valence-corrected chi connectivity index (χ0v) is 12.9. The van der Waals surface area contributed by atoms with Gasteiger partial charge in [-0.15, -0.1) is 0 Å². The van der Waals surface area contributed by atoms with Crippen molar-refractivity contribution in [3.63, 3.8) is 0 Å². The van der Waals surface area contributed by atoms with Crippen LogP contribution in [0.1, 0.15) is 52.4 Å². The number of carbonyl (C=O) groups is 1. The van der Waals surface area contributed by atoms with Gasteiger partial charge < -0.3 is 15.4 Å². The van der Waals surface area contributed by atoms with E-state index < -0.39 is 5.54 Å². The average Bonchev–Trinajstić information content (AvgIpc) is 2.67. The maximum absolute atomic E-state index is 12.7. The SMILES string of the molecule is CC(C)Oc1cccc2c1NC(=O)C1(CCCCCC1)N2. The summed E-state index contributed by atoms with van der Waals surface area (Å²) in [6.45, 7) is 3.98. The lowest BCUT2D eigenvalue weighted by atomic mass is 9.86. The topological polar surface area (TPSA) is 50.4 Å². The van der Waals surface area contributed by atoms with Crippen LogP contribution in [0.5, 0.6) is 5.75 Å². The molecular weight excluding hydrogens is 264 g/mol. The number of hydrogen-bond acceptors (Lipinski definition) is 3.